The fraction of sp³-hybridized carbons (Fsp3) is 0.233. The van der Waals surface area contributed by atoms with Gasteiger partial charge in [0.2, 0.25) is 0 Å². The number of halogens is 2. The van der Waals surface area contributed by atoms with Crippen LogP contribution in [0.1, 0.15) is 29.3 Å². The van der Waals surface area contributed by atoms with Crippen molar-refractivity contribution in [1.29, 1.82) is 5.41 Å². The van der Waals surface area contributed by atoms with Crippen LogP contribution in [0.4, 0.5) is 4.79 Å². The highest BCUT2D eigenvalue weighted by molar-refractivity contribution is 6.31. The lowest BCUT2D eigenvalue weighted by atomic mass is 9.92. The molecule has 0 radical (unpaired) electrons. The average molecular weight is 594 g/mol. The molecule has 0 bridgehead atoms. The van der Waals surface area contributed by atoms with E-state index in [-0.39, 0.29) is 0 Å². The Kier molecular flexibility index (Phi) is 8.96. The monoisotopic (exact) mass is 593 g/mol. The van der Waals surface area contributed by atoms with Gasteiger partial charge in [0, 0.05) is 39.7 Å². The Morgan fingerprint density at radius 3 is 2.71 bits per heavy atom. The number of benzene rings is 3. The molecule has 5 rings (SSSR count). The Bertz CT molecular complexity index is 1570. The molecule has 0 aliphatic carbocycles. The topological polar surface area (TPSA) is 112 Å². The van der Waals surface area contributed by atoms with Gasteiger partial charge in [-0.05, 0) is 78.6 Å². The lowest BCUT2D eigenvalue weighted by Crippen LogP contribution is -2.42. The minimum Gasteiger partial charge on any atom is -0.493 e. The zero-order valence-corrected chi connectivity index (χ0v) is 23.8. The first-order valence-corrected chi connectivity index (χ1v) is 13.8. The lowest BCUT2D eigenvalue weighted by Gasteiger charge is -2.35. The number of nitrogens with one attached hydrogen (secondary N) is 3. The SMILES string of the molecule is COc1ccc([C@H]2c3[nH]c4ccc(Cl)cc4c3CCN2C(=O)Oc2ccc(Cl)cc2)cc1OCCCN/C=N\C=N. The average Bonchev–Trinajstić information content (AvgIpc) is 3.35. The summed E-state index contributed by atoms with van der Waals surface area (Å²) in [5.74, 6) is 1.56. The Labute approximate surface area is 247 Å². The normalized spacial score (nSPS) is 14.6. The van der Waals surface area contributed by atoms with E-state index < -0.39 is 12.1 Å². The quantitative estimate of drug-likeness (QED) is 0.109. The van der Waals surface area contributed by atoms with Crippen LogP contribution in [0, 0.1) is 5.41 Å². The van der Waals surface area contributed by atoms with Crippen LogP contribution < -0.4 is 19.5 Å². The highest BCUT2D eigenvalue weighted by Crippen LogP contribution is 2.42. The summed E-state index contributed by atoms with van der Waals surface area (Å²) in [6.45, 7) is 1.50. The van der Waals surface area contributed by atoms with E-state index >= 15 is 0 Å². The summed E-state index contributed by atoms with van der Waals surface area (Å²) in [6, 6.07) is 17.7. The Hall–Kier alpha value is -4.21. The van der Waals surface area contributed by atoms with Crippen molar-refractivity contribution < 1.29 is 19.0 Å². The molecule has 1 aliphatic rings. The maximum absolute atomic E-state index is 13.6. The molecule has 0 spiro atoms. The number of carbonyl (C=O) groups is 1. The Morgan fingerprint density at radius 1 is 1.12 bits per heavy atom. The van der Waals surface area contributed by atoms with Crippen LogP contribution in [0.25, 0.3) is 10.9 Å². The number of rotatable bonds is 10. The van der Waals surface area contributed by atoms with Gasteiger partial charge in [0.1, 0.15) is 18.1 Å². The smallest absolute Gasteiger partial charge is 0.416 e. The van der Waals surface area contributed by atoms with E-state index in [1.807, 2.05) is 36.4 Å². The van der Waals surface area contributed by atoms with E-state index in [1.54, 1.807) is 36.3 Å². The van der Waals surface area contributed by atoms with Crippen molar-refractivity contribution in [2.75, 3.05) is 26.8 Å². The lowest BCUT2D eigenvalue weighted by molar-refractivity contribution is 0.135. The van der Waals surface area contributed by atoms with E-state index in [0.29, 0.717) is 59.8 Å². The number of H-pyrrole nitrogens is 1. The number of methoxy groups -OCH3 is 1. The van der Waals surface area contributed by atoms with E-state index in [9.17, 15) is 4.79 Å². The predicted octanol–water partition coefficient (Wildman–Crippen LogP) is 6.62. The van der Waals surface area contributed by atoms with Crippen LogP contribution in [-0.4, -0.2) is 55.5 Å². The minimum atomic E-state index is -0.476. The predicted molar refractivity (Wildman–Crippen MR) is 161 cm³/mol. The third kappa shape index (κ3) is 6.42. The molecule has 9 nitrogen and oxygen atoms in total. The Balaban J connectivity index is 1.48. The van der Waals surface area contributed by atoms with Gasteiger partial charge in [-0.3, -0.25) is 10.3 Å². The molecule has 3 aromatic carbocycles. The van der Waals surface area contributed by atoms with Gasteiger partial charge in [-0.15, -0.1) is 0 Å². The van der Waals surface area contributed by atoms with Gasteiger partial charge in [-0.2, -0.15) is 0 Å². The summed E-state index contributed by atoms with van der Waals surface area (Å²) < 4.78 is 17.4. The zero-order valence-electron chi connectivity index (χ0n) is 22.3. The summed E-state index contributed by atoms with van der Waals surface area (Å²) in [5, 5.41) is 12.2. The van der Waals surface area contributed by atoms with Crippen LogP contribution >= 0.6 is 23.2 Å². The summed E-state index contributed by atoms with van der Waals surface area (Å²) in [6.07, 6.45) is 3.30. The second-order valence-electron chi connectivity index (χ2n) is 9.35. The molecule has 0 fully saturated rings. The fourth-order valence-corrected chi connectivity index (χ4v) is 5.25. The summed E-state index contributed by atoms with van der Waals surface area (Å²) in [5.41, 5.74) is 3.79. The highest BCUT2D eigenvalue weighted by atomic mass is 35.5. The third-order valence-electron chi connectivity index (χ3n) is 6.81. The van der Waals surface area contributed by atoms with Gasteiger partial charge in [-0.25, -0.2) is 9.79 Å². The second kappa shape index (κ2) is 13.0. The third-order valence-corrected chi connectivity index (χ3v) is 7.30. The van der Waals surface area contributed by atoms with Crippen molar-refractivity contribution in [1.82, 2.24) is 15.2 Å². The van der Waals surface area contributed by atoms with Gasteiger partial charge in [0.15, 0.2) is 11.5 Å². The Morgan fingerprint density at radius 2 is 1.93 bits per heavy atom. The van der Waals surface area contributed by atoms with Crippen molar-refractivity contribution in [3.05, 3.63) is 87.5 Å². The van der Waals surface area contributed by atoms with Crippen molar-refractivity contribution in [2.45, 2.75) is 18.9 Å². The van der Waals surface area contributed by atoms with Crippen LogP contribution in [0.2, 0.25) is 10.0 Å². The maximum atomic E-state index is 13.6. The number of hydrogen-bond donors (Lipinski definition) is 3. The first-order valence-electron chi connectivity index (χ1n) is 13.1. The standard InChI is InChI=1S/C30H29Cl2N5O4/c1-39-26-10-3-19(15-27(26)40-14-2-12-34-18-35-17-33)29-28-23(24-16-21(32)6-9-25(24)36-28)11-13-37(29)30(38)41-22-7-4-20(31)5-8-22/h3-10,15-18,29,36H,2,11-14H2,1H3,(H2,33,34,35)/t29-/m0/s1. The number of ether oxygens (including phenoxy) is 3. The summed E-state index contributed by atoms with van der Waals surface area (Å²) >= 11 is 12.4. The van der Waals surface area contributed by atoms with Crippen molar-refractivity contribution in [2.24, 2.45) is 4.99 Å². The van der Waals surface area contributed by atoms with Crippen molar-refractivity contribution in [3.8, 4) is 17.2 Å². The van der Waals surface area contributed by atoms with Crippen LogP contribution in [0.3, 0.4) is 0 Å². The number of carbonyl (C=O) groups excluding carboxylic acids is 1. The number of aliphatic imine (C=N–C) groups is 1. The summed E-state index contributed by atoms with van der Waals surface area (Å²) in [7, 11) is 1.59. The molecule has 1 aliphatic heterocycles. The molecule has 1 aromatic heterocycles. The molecule has 0 unspecified atom stereocenters. The molecule has 2 heterocycles. The van der Waals surface area contributed by atoms with Gasteiger partial charge in [-0.1, -0.05) is 29.3 Å². The number of hydrogen-bond acceptors (Lipinski definition) is 5. The first kappa shape index (κ1) is 28.3. The van der Waals surface area contributed by atoms with Gasteiger partial charge >= 0.3 is 6.09 Å². The molecule has 1 amide bonds. The fourth-order valence-electron chi connectivity index (χ4n) is 4.95. The number of aromatic amines is 1. The molecule has 212 valence electrons. The largest absolute Gasteiger partial charge is 0.493 e. The second-order valence-corrected chi connectivity index (χ2v) is 10.2. The molecule has 1 atom stereocenters. The first-order chi connectivity index (χ1) is 20.0. The van der Waals surface area contributed by atoms with Gasteiger partial charge in [0.25, 0.3) is 0 Å². The number of amides is 1. The molecule has 11 heteroatoms. The van der Waals surface area contributed by atoms with E-state index in [2.05, 4.69) is 15.3 Å². The molecular weight excluding hydrogens is 565 g/mol. The molecule has 41 heavy (non-hydrogen) atoms. The van der Waals surface area contributed by atoms with Gasteiger partial charge in [0.05, 0.1) is 20.1 Å². The van der Waals surface area contributed by atoms with Gasteiger partial charge < -0.3 is 24.5 Å². The molecule has 3 N–H and O–H groups in total. The van der Waals surface area contributed by atoms with Crippen LogP contribution in [0.15, 0.2) is 65.7 Å². The number of fused-ring (bicyclic) bond motifs is 3. The molecule has 0 saturated carbocycles. The number of nitrogens with zero attached hydrogens (tertiary/aromatic N) is 2. The molecular formula is C30H29Cl2N5O4. The molecule has 4 aromatic rings. The van der Waals surface area contributed by atoms with E-state index in [4.69, 9.17) is 42.8 Å². The molecule has 0 saturated heterocycles. The van der Waals surface area contributed by atoms with Crippen LogP contribution in [0.5, 0.6) is 17.2 Å². The van der Waals surface area contributed by atoms with E-state index in [0.717, 1.165) is 34.1 Å². The maximum Gasteiger partial charge on any atom is 0.416 e. The minimum absolute atomic E-state index is 0.408. The zero-order chi connectivity index (χ0) is 28.8. The highest BCUT2D eigenvalue weighted by Gasteiger charge is 2.36. The van der Waals surface area contributed by atoms with Crippen LogP contribution in [-0.2, 0) is 6.42 Å². The number of aromatic nitrogens is 1. The van der Waals surface area contributed by atoms with Crippen molar-refractivity contribution in [3.63, 3.8) is 0 Å². The van der Waals surface area contributed by atoms with Crippen molar-refractivity contribution >= 4 is 52.9 Å². The van der Waals surface area contributed by atoms with E-state index in [1.165, 1.54) is 6.34 Å². The summed E-state index contributed by atoms with van der Waals surface area (Å²) in [4.78, 5) is 22.5.